The molecule has 8 nitrogen and oxygen atoms in total. The molecule has 1 heterocycles. The number of halogens is 3. The van der Waals surface area contributed by atoms with E-state index in [1.165, 1.54) is 13.3 Å². The molecule has 1 N–H and O–H groups in total. The highest BCUT2D eigenvalue weighted by atomic mass is 19.4. The molecule has 0 amide bonds. The van der Waals surface area contributed by atoms with Crippen LogP contribution in [0.2, 0.25) is 0 Å². The second-order valence-electron chi connectivity index (χ2n) is 7.03. The van der Waals surface area contributed by atoms with Crippen LogP contribution in [-0.4, -0.2) is 28.8 Å². The number of nitrogens with zero attached hydrogens (tertiary/aromatic N) is 3. The summed E-state index contributed by atoms with van der Waals surface area (Å²) in [6.07, 6.45) is -3.31. The first-order valence-electron chi connectivity index (χ1n) is 9.56. The van der Waals surface area contributed by atoms with E-state index in [1.807, 2.05) is 11.5 Å². The zero-order chi connectivity index (χ0) is 24.3. The number of esters is 1. The van der Waals surface area contributed by atoms with Gasteiger partial charge in [0.15, 0.2) is 0 Å². The van der Waals surface area contributed by atoms with E-state index in [1.54, 1.807) is 37.3 Å². The van der Waals surface area contributed by atoms with Gasteiger partial charge in [0.05, 0.1) is 35.1 Å². The number of carbonyl (C=O) groups excluding carboxylic acids is 1. The van der Waals surface area contributed by atoms with Gasteiger partial charge in [0.25, 0.3) is 5.69 Å². The van der Waals surface area contributed by atoms with Crippen molar-refractivity contribution in [2.24, 2.45) is 5.10 Å². The van der Waals surface area contributed by atoms with E-state index in [9.17, 15) is 28.1 Å². The van der Waals surface area contributed by atoms with Gasteiger partial charge in [0.2, 0.25) is 0 Å². The number of carbonyl (C=O) groups is 1. The molecule has 0 radical (unpaired) electrons. The lowest BCUT2D eigenvalue weighted by Gasteiger charge is -2.13. The predicted octanol–water partition coefficient (Wildman–Crippen LogP) is 5.25. The summed E-state index contributed by atoms with van der Waals surface area (Å²) in [6.45, 7) is 3.62. The second-order valence-corrected chi connectivity index (χ2v) is 7.03. The van der Waals surface area contributed by atoms with Gasteiger partial charge in [-0.2, -0.15) is 18.3 Å². The summed E-state index contributed by atoms with van der Waals surface area (Å²) >= 11 is 0. The molecule has 11 heteroatoms. The molecule has 3 rings (SSSR count). The number of nitro groups is 1. The number of para-hydroxylation sites is 1. The van der Waals surface area contributed by atoms with Crippen LogP contribution in [-0.2, 0) is 10.9 Å². The number of anilines is 1. The van der Waals surface area contributed by atoms with Crippen molar-refractivity contribution in [3.8, 4) is 5.69 Å². The maximum Gasteiger partial charge on any atom is 0.416 e. The SMILES string of the molecule is COC(=O)c1ccccc1-n1c(C)cc(/C=N\Nc2ccc(C(F)(F)F)cc2[N+](=O)[O-])c1C. The van der Waals surface area contributed by atoms with Crippen LogP contribution >= 0.6 is 0 Å². The molecule has 0 aliphatic rings. The number of nitrogens with one attached hydrogen (secondary N) is 1. The molecule has 33 heavy (non-hydrogen) atoms. The van der Waals surface area contributed by atoms with Gasteiger partial charge in [-0.25, -0.2) is 4.79 Å². The molecule has 0 saturated heterocycles. The Morgan fingerprint density at radius 2 is 1.88 bits per heavy atom. The van der Waals surface area contributed by atoms with E-state index in [0.29, 0.717) is 22.9 Å². The van der Waals surface area contributed by atoms with Crippen molar-refractivity contribution in [3.05, 3.63) is 86.7 Å². The number of ether oxygens (including phenoxy) is 1. The smallest absolute Gasteiger partial charge is 0.416 e. The molecule has 3 aromatic rings. The average Bonchev–Trinajstić information content (AvgIpc) is 3.05. The second kappa shape index (κ2) is 9.15. The summed E-state index contributed by atoms with van der Waals surface area (Å²) in [4.78, 5) is 22.4. The first kappa shape index (κ1) is 23.5. The average molecular weight is 460 g/mol. The number of alkyl halides is 3. The van der Waals surface area contributed by atoms with Crippen LogP contribution in [0.1, 0.15) is 32.9 Å². The Labute approximate surface area is 186 Å². The van der Waals surface area contributed by atoms with Gasteiger partial charge in [-0.05, 0) is 44.2 Å². The highest BCUT2D eigenvalue weighted by Crippen LogP contribution is 2.35. The Morgan fingerprint density at radius 1 is 1.18 bits per heavy atom. The van der Waals surface area contributed by atoms with Gasteiger partial charge in [0.1, 0.15) is 5.69 Å². The molecule has 0 fully saturated rings. The van der Waals surface area contributed by atoms with E-state index in [4.69, 9.17) is 4.74 Å². The monoisotopic (exact) mass is 460 g/mol. The fourth-order valence-corrected chi connectivity index (χ4v) is 3.37. The van der Waals surface area contributed by atoms with Gasteiger partial charge in [-0.1, -0.05) is 12.1 Å². The minimum atomic E-state index is -4.70. The van der Waals surface area contributed by atoms with Crippen molar-refractivity contribution < 1.29 is 27.6 Å². The van der Waals surface area contributed by atoms with Gasteiger partial charge in [0, 0.05) is 23.0 Å². The van der Waals surface area contributed by atoms with Crippen LogP contribution in [0.3, 0.4) is 0 Å². The van der Waals surface area contributed by atoms with Crippen LogP contribution in [0, 0.1) is 24.0 Å². The minimum absolute atomic E-state index is 0.186. The van der Waals surface area contributed by atoms with E-state index in [2.05, 4.69) is 10.5 Å². The highest BCUT2D eigenvalue weighted by molar-refractivity contribution is 5.94. The number of rotatable bonds is 6. The van der Waals surface area contributed by atoms with Crippen LogP contribution in [0.25, 0.3) is 5.69 Å². The summed E-state index contributed by atoms with van der Waals surface area (Å²) in [7, 11) is 1.29. The number of nitro benzene ring substituents is 1. The molecule has 0 spiro atoms. The third-order valence-electron chi connectivity index (χ3n) is 4.93. The molecule has 0 atom stereocenters. The minimum Gasteiger partial charge on any atom is -0.465 e. The largest absolute Gasteiger partial charge is 0.465 e. The van der Waals surface area contributed by atoms with Crippen molar-refractivity contribution in [2.45, 2.75) is 20.0 Å². The Balaban J connectivity index is 1.92. The topological polar surface area (TPSA) is 98.8 Å². The van der Waals surface area contributed by atoms with Crippen LogP contribution in [0.5, 0.6) is 0 Å². The summed E-state index contributed by atoms with van der Waals surface area (Å²) in [5.74, 6) is -0.496. The van der Waals surface area contributed by atoms with Crippen molar-refractivity contribution in [3.63, 3.8) is 0 Å². The Bertz CT molecular complexity index is 1250. The fourth-order valence-electron chi connectivity index (χ4n) is 3.37. The molecular weight excluding hydrogens is 441 g/mol. The quantitative estimate of drug-likeness (QED) is 0.234. The highest BCUT2D eigenvalue weighted by Gasteiger charge is 2.33. The summed E-state index contributed by atoms with van der Waals surface area (Å²) in [5, 5.41) is 15.2. The third kappa shape index (κ3) is 4.86. The summed E-state index contributed by atoms with van der Waals surface area (Å²) in [6, 6.07) is 10.8. The fraction of sp³-hybridized carbons (Fsp3) is 0.182. The van der Waals surface area contributed by atoms with Crippen molar-refractivity contribution >= 4 is 23.6 Å². The van der Waals surface area contributed by atoms with E-state index >= 15 is 0 Å². The zero-order valence-electron chi connectivity index (χ0n) is 17.8. The van der Waals surface area contributed by atoms with Crippen molar-refractivity contribution in [1.29, 1.82) is 0 Å². The molecule has 172 valence electrons. The normalized spacial score (nSPS) is 11.6. The lowest BCUT2D eigenvalue weighted by molar-refractivity contribution is -0.384. The number of aryl methyl sites for hydroxylation is 1. The Kier molecular flexibility index (Phi) is 6.52. The lowest BCUT2D eigenvalue weighted by Crippen LogP contribution is -2.09. The number of aromatic nitrogens is 1. The van der Waals surface area contributed by atoms with Gasteiger partial charge in [-0.15, -0.1) is 0 Å². The van der Waals surface area contributed by atoms with E-state index in [0.717, 1.165) is 23.5 Å². The number of hydrogen-bond donors (Lipinski definition) is 1. The summed E-state index contributed by atoms with van der Waals surface area (Å²) in [5.41, 5.74) is 3.47. The number of benzene rings is 2. The summed E-state index contributed by atoms with van der Waals surface area (Å²) < 4.78 is 45.2. The first-order chi connectivity index (χ1) is 15.5. The van der Waals surface area contributed by atoms with Crippen LogP contribution in [0.4, 0.5) is 24.5 Å². The molecule has 0 aliphatic carbocycles. The maximum absolute atomic E-state index is 12.9. The zero-order valence-corrected chi connectivity index (χ0v) is 17.8. The van der Waals surface area contributed by atoms with E-state index in [-0.39, 0.29) is 5.69 Å². The van der Waals surface area contributed by atoms with Crippen LogP contribution < -0.4 is 5.43 Å². The van der Waals surface area contributed by atoms with Crippen molar-refractivity contribution in [1.82, 2.24) is 4.57 Å². The molecule has 0 unspecified atom stereocenters. The molecule has 1 aromatic heterocycles. The molecule has 0 bridgehead atoms. The Hall–Kier alpha value is -4.15. The maximum atomic E-state index is 12.9. The van der Waals surface area contributed by atoms with E-state index < -0.39 is 28.3 Å². The van der Waals surface area contributed by atoms with Crippen LogP contribution in [0.15, 0.2) is 53.6 Å². The molecule has 0 saturated carbocycles. The predicted molar refractivity (Wildman–Crippen MR) is 116 cm³/mol. The lowest BCUT2D eigenvalue weighted by atomic mass is 10.1. The number of hydrazone groups is 1. The van der Waals surface area contributed by atoms with Crippen molar-refractivity contribution in [2.75, 3.05) is 12.5 Å². The van der Waals surface area contributed by atoms with Gasteiger partial charge >= 0.3 is 12.1 Å². The third-order valence-corrected chi connectivity index (χ3v) is 4.93. The molecule has 2 aromatic carbocycles. The Morgan fingerprint density at radius 3 is 2.52 bits per heavy atom. The molecular formula is C22H19F3N4O4. The number of methoxy groups -OCH3 is 1. The van der Waals surface area contributed by atoms with Gasteiger partial charge < -0.3 is 9.30 Å². The standard InChI is InChI=1S/C22H19F3N4O4/c1-13-10-15(14(2)28(13)19-7-5-4-6-17(19)21(30)33-3)12-26-27-18-9-8-16(22(23,24)25)11-20(18)29(31)32/h4-12,27H,1-3H3/b26-12-. The van der Waals surface area contributed by atoms with Gasteiger partial charge in [-0.3, -0.25) is 15.5 Å². The first-order valence-corrected chi connectivity index (χ1v) is 9.56. The molecule has 0 aliphatic heterocycles. The number of hydrogen-bond acceptors (Lipinski definition) is 6.